The zero-order valence-electron chi connectivity index (χ0n) is 10.5. The van der Waals surface area contributed by atoms with Crippen LogP contribution in [0.5, 0.6) is 0 Å². The number of nitrogens with zero attached hydrogens (tertiary/aromatic N) is 3. The standard InChI is InChI=1S/C11H17ClN4O2/c1-16(8-11(17)13-3-4-18-2)7-9-5-15-10(12)6-14-9/h5-6H,3-4,7-8H2,1-2H3,(H,13,17). The molecule has 0 spiro atoms. The van der Waals surface area contributed by atoms with E-state index in [1.807, 2.05) is 11.9 Å². The first kappa shape index (κ1) is 14.8. The molecule has 0 atom stereocenters. The van der Waals surface area contributed by atoms with Crippen LogP contribution in [0.4, 0.5) is 0 Å². The summed E-state index contributed by atoms with van der Waals surface area (Å²) in [7, 11) is 3.43. The number of carbonyl (C=O) groups is 1. The van der Waals surface area contributed by atoms with Crippen LogP contribution in [0.25, 0.3) is 0 Å². The van der Waals surface area contributed by atoms with E-state index in [0.717, 1.165) is 5.69 Å². The molecular formula is C11H17ClN4O2. The van der Waals surface area contributed by atoms with Gasteiger partial charge in [-0.25, -0.2) is 4.98 Å². The van der Waals surface area contributed by atoms with E-state index >= 15 is 0 Å². The van der Waals surface area contributed by atoms with E-state index in [-0.39, 0.29) is 5.91 Å². The fourth-order valence-electron chi connectivity index (χ4n) is 1.35. The summed E-state index contributed by atoms with van der Waals surface area (Å²) in [4.78, 5) is 21.4. The van der Waals surface area contributed by atoms with Crippen LogP contribution in [-0.2, 0) is 16.1 Å². The lowest BCUT2D eigenvalue weighted by Gasteiger charge is -2.15. The summed E-state index contributed by atoms with van der Waals surface area (Å²) in [5.74, 6) is -0.0449. The molecule has 0 radical (unpaired) electrons. The molecule has 100 valence electrons. The van der Waals surface area contributed by atoms with E-state index in [2.05, 4.69) is 15.3 Å². The van der Waals surface area contributed by atoms with Crippen LogP contribution in [0.1, 0.15) is 5.69 Å². The summed E-state index contributed by atoms with van der Waals surface area (Å²) in [6.07, 6.45) is 3.09. The molecule has 0 saturated heterocycles. The Morgan fingerprint density at radius 3 is 2.89 bits per heavy atom. The van der Waals surface area contributed by atoms with Crippen molar-refractivity contribution in [3.8, 4) is 0 Å². The van der Waals surface area contributed by atoms with Crippen molar-refractivity contribution in [3.05, 3.63) is 23.2 Å². The molecule has 0 aliphatic carbocycles. The van der Waals surface area contributed by atoms with Gasteiger partial charge in [0.2, 0.25) is 5.91 Å². The van der Waals surface area contributed by atoms with Gasteiger partial charge in [0.1, 0.15) is 5.15 Å². The molecule has 1 aromatic rings. The second kappa shape index (κ2) is 7.97. The first-order valence-corrected chi connectivity index (χ1v) is 5.90. The van der Waals surface area contributed by atoms with E-state index in [9.17, 15) is 4.79 Å². The van der Waals surface area contributed by atoms with E-state index in [0.29, 0.717) is 31.4 Å². The summed E-state index contributed by atoms with van der Waals surface area (Å²) < 4.78 is 4.84. The van der Waals surface area contributed by atoms with Gasteiger partial charge in [-0.15, -0.1) is 0 Å². The second-order valence-corrected chi connectivity index (χ2v) is 4.23. The van der Waals surface area contributed by atoms with Gasteiger partial charge in [-0.05, 0) is 7.05 Å². The van der Waals surface area contributed by atoms with Crippen molar-refractivity contribution in [2.75, 3.05) is 33.9 Å². The van der Waals surface area contributed by atoms with Gasteiger partial charge in [-0.2, -0.15) is 0 Å². The SMILES string of the molecule is COCCNC(=O)CN(C)Cc1cnc(Cl)cn1. The summed E-state index contributed by atoms with van der Waals surface area (Å²) in [6, 6.07) is 0. The Morgan fingerprint density at radius 1 is 1.50 bits per heavy atom. The normalized spacial score (nSPS) is 10.7. The van der Waals surface area contributed by atoms with Gasteiger partial charge < -0.3 is 10.1 Å². The zero-order valence-corrected chi connectivity index (χ0v) is 11.3. The summed E-state index contributed by atoms with van der Waals surface area (Å²) in [5.41, 5.74) is 0.770. The Balaban J connectivity index is 2.30. The van der Waals surface area contributed by atoms with Crippen LogP contribution in [0.3, 0.4) is 0 Å². The molecule has 0 fully saturated rings. The van der Waals surface area contributed by atoms with Crippen LogP contribution in [0.2, 0.25) is 5.15 Å². The molecule has 1 rings (SSSR count). The van der Waals surface area contributed by atoms with E-state index in [1.54, 1.807) is 13.3 Å². The van der Waals surface area contributed by atoms with Crippen LogP contribution < -0.4 is 5.32 Å². The third-order valence-electron chi connectivity index (χ3n) is 2.15. The molecule has 0 saturated carbocycles. The monoisotopic (exact) mass is 272 g/mol. The van der Waals surface area contributed by atoms with Crippen LogP contribution in [-0.4, -0.2) is 54.6 Å². The molecule has 1 N–H and O–H groups in total. The van der Waals surface area contributed by atoms with Gasteiger partial charge in [0.15, 0.2) is 0 Å². The Labute approximate surface area is 111 Å². The van der Waals surface area contributed by atoms with E-state index in [4.69, 9.17) is 16.3 Å². The first-order valence-electron chi connectivity index (χ1n) is 5.52. The third kappa shape index (κ3) is 5.90. The van der Waals surface area contributed by atoms with Crippen molar-refractivity contribution in [3.63, 3.8) is 0 Å². The smallest absolute Gasteiger partial charge is 0.234 e. The predicted octanol–water partition coefficient (Wildman–Crippen LogP) is 0.324. The number of likely N-dealkylation sites (N-methyl/N-ethyl adjacent to an activating group) is 1. The highest BCUT2D eigenvalue weighted by molar-refractivity contribution is 6.29. The van der Waals surface area contributed by atoms with Crippen molar-refractivity contribution >= 4 is 17.5 Å². The predicted molar refractivity (Wildman–Crippen MR) is 68.3 cm³/mol. The largest absolute Gasteiger partial charge is 0.383 e. The third-order valence-corrected chi connectivity index (χ3v) is 2.34. The lowest BCUT2D eigenvalue weighted by molar-refractivity contribution is -0.122. The van der Waals surface area contributed by atoms with Crippen molar-refractivity contribution in [1.82, 2.24) is 20.2 Å². The molecular weight excluding hydrogens is 256 g/mol. The lowest BCUT2D eigenvalue weighted by atomic mass is 10.4. The molecule has 1 aromatic heterocycles. The first-order chi connectivity index (χ1) is 8.61. The number of hydrogen-bond acceptors (Lipinski definition) is 5. The number of halogens is 1. The molecule has 0 aliphatic heterocycles. The molecule has 0 aliphatic rings. The molecule has 0 aromatic carbocycles. The minimum atomic E-state index is -0.0449. The molecule has 0 unspecified atom stereocenters. The van der Waals surface area contributed by atoms with Crippen LogP contribution in [0, 0.1) is 0 Å². The van der Waals surface area contributed by atoms with Crippen molar-refractivity contribution in [2.45, 2.75) is 6.54 Å². The van der Waals surface area contributed by atoms with Gasteiger partial charge >= 0.3 is 0 Å². The Bertz CT molecular complexity index is 372. The minimum absolute atomic E-state index is 0.0449. The van der Waals surface area contributed by atoms with Gasteiger partial charge in [0, 0.05) is 20.2 Å². The van der Waals surface area contributed by atoms with E-state index < -0.39 is 0 Å². The number of ether oxygens (including phenoxy) is 1. The number of hydrogen-bond donors (Lipinski definition) is 1. The van der Waals surface area contributed by atoms with Crippen LogP contribution >= 0.6 is 11.6 Å². The van der Waals surface area contributed by atoms with Crippen LogP contribution in [0.15, 0.2) is 12.4 Å². The number of carbonyl (C=O) groups excluding carboxylic acids is 1. The zero-order chi connectivity index (χ0) is 13.4. The van der Waals surface area contributed by atoms with Crippen molar-refractivity contribution < 1.29 is 9.53 Å². The molecule has 1 heterocycles. The highest BCUT2D eigenvalue weighted by atomic mass is 35.5. The summed E-state index contributed by atoms with van der Waals surface area (Å²) in [6.45, 7) is 1.87. The maximum absolute atomic E-state index is 11.5. The maximum Gasteiger partial charge on any atom is 0.234 e. The highest BCUT2D eigenvalue weighted by Gasteiger charge is 2.07. The average Bonchev–Trinajstić information content (AvgIpc) is 2.32. The molecule has 1 amide bonds. The number of amides is 1. The fraction of sp³-hybridized carbons (Fsp3) is 0.545. The van der Waals surface area contributed by atoms with Crippen molar-refractivity contribution in [2.24, 2.45) is 0 Å². The fourth-order valence-corrected chi connectivity index (χ4v) is 1.44. The van der Waals surface area contributed by atoms with Gasteiger partial charge in [0.05, 0.1) is 31.2 Å². The Hall–Kier alpha value is -1.24. The highest BCUT2D eigenvalue weighted by Crippen LogP contribution is 2.03. The van der Waals surface area contributed by atoms with Gasteiger partial charge in [0.25, 0.3) is 0 Å². The molecule has 6 nitrogen and oxygen atoms in total. The summed E-state index contributed by atoms with van der Waals surface area (Å²) >= 11 is 5.64. The number of aromatic nitrogens is 2. The quantitative estimate of drug-likeness (QED) is 0.725. The average molecular weight is 273 g/mol. The molecule has 0 bridgehead atoms. The number of methoxy groups -OCH3 is 1. The maximum atomic E-state index is 11.5. The molecule has 18 heavy (non-hydrogen) atoms. The second-order valence-electron chi connectivity index (χ2n) is 3.85. The van der Waals surface area contributed by atoms with Gasteiger partial charge in [-0.1, -0.05) is 11.6 Å². The Morgan fingerprint density at radius 2 is 2.28 bits per heavy atom. The minimum Gasteiger partial charge on any atom is -0.383 e. The lowest BCUT2D eigenvalue weighted by Crippen LogP contribution is -2.36. The Kier molecular flexibility index (Phi) is 6.56. The van der Waals surface area contributed by atoms with Crippen molar-refractivity contribution in [1.29, 1.82) is 0 Å². The van der Waals surface area contributed by atoms with E-state index in [1.165, 1.54) is 6.20 Å². The summed E-state index contributed by atoms with van der Waals surface area (Å²) in [5, 5.41) is 3.11. The molecule has 7 heteroatoms. The topological polar surface area (TPSA) is 67.3 Å². The van der Waals surface area contributed by atoms with Gasteiger partial charge in [-0.3, -0.25) is 14.7 Å². The number of rotatable bonds is 7. The number of nitrogens with one attached hydrogen (secondary N) is 1.